The molecular weight excluding hydrogens is 318 g/mol. The fourth-order valence-corrected chi connectivity index (χ4v) is 3.52. The summed E-state index contributed by atoms with van der Waals surface area (Å²) in [6.45, 7) is 2.37. The molecule has 2 atom stereocenters. The summed E-state index contributed by atoms with van der Waals surface area (Å²) in [6, 6.07) is 7.99. The first-order valence-corrected chi connectivity index (χ1v) is 8.61. The van der Waals surface area contributed by atoms with E-state index in [2.05, 4.69) is 16.5 Å². The van der Waals surface area contributed by atoms with Crippen molar-refractivity contribution in [3.8, 4) is 5.75 Å². The number of benzene rings is 1. The van der Waals surface area contributed by atoms with Gasteiger partial charge in [0, 0.05) is 43.3 Å². The fourth-order valence-electron chi connectivity index (χ4n) is 3.52. The third kappa shape index (κ3) is 3.27. The van der Waals surface area contributed by atoms with Gasteiger partial charge in [-0.15, -0.1) is 0 Å². The number of hydrogen-bond donors (Lipinski definition) is 1. The Bertz CT molecular complexity index is 855. The molecule has 6 nitrogen and oxygen atoms in total. The number of nitrogens with one attached hydrogen (secondary N) is 1. The predicted molar refractivity (Wildman–Crippen MR) is 94.5 cm³/mol. The van der Waals surface area contributed by atoms with Crippen LogP contribution >= 0.6 is 0 Å². The molecule has 0 radical (unpaired) electrons. The second-order valence-electron chi connectivity index (χ2n) is 6.51. The molecule has 25 heavy (non-hydrogen) atoms. The highest BCUT2D eigenvalue weighted by molar-refractivity contribution is 5.83. The number of ether oxygens (including phenoxy) is 2. The van der Waals surface area contributed by atoms with Crippen LogP contribution in [-0.2, 0) is 18.3 Å². The van der Waals surface area contributed by atoms with Gasteiger partial charge in [0.2, 0.25) is 0 Å². The van der Waals surface area contributed by atoms with Crippen LogP contribution in [0.1, 0.15) is 23.8 Å². The Morgan fingerprint density at radius 2 is 2.32 bits per heavy atom. The summed E-state index contributed by atoms with van der Waals surface area (Å²) in [5.74, 6) is 2.13. The monoisotopic (exact) mass is 341 g/mol. The van der Waals surface area contributed by atoms with Gasteiger partial charge in [0.15, 0.2) is 11.3 Å². The minimum absolute atomic E-state index is 0.122. The molecule has 2 aromatic heterocycles. The SMILES string of the molecule is COc1cccc2cc(CNC[C@@H]3CCO[C@H]3c3cnn(C)c3)oc12. The zero-order valence-corrected chi connectivity index (χ0v) is 14.6. The number of aromatic nitrogens is 2. The number of fused-ring (bicyclic) bond motifs is 1. The van der Waals surface area contributed by atoms with E-state index in [0.29, 0.717) is 12.5 Å². The Kier molecular flexibility index (Phi) is 4.46. The molecule has 0 bridgehead atoms. The van der Waals surface area contributed by atoms with Crippen LogP contribution in [-0.4, -0.2) is 30.0 Å². The Morgan fingerprint density at radius 1 is 1.40 bits per heavy atom. The van der Waals surface area contributed by atoms with E-state index in [-0.39, 0.29) is 6.10 Å². The highest BCUT2D eigenvalue weighted by Crippen LogP contribution is 2.34. The fraction of sp³-hybridized carbons (Fsp3) is 0.421. The lowest BCUT2D eigenvalue weighted by molar-refractivity contribution is 0.0903. The summed E-state index contributed by atoms with van der Waals surface area (Å²) in [4.78, 5) is 0. The van der Waals surface area contributed by atoms with Crippen LogP contribution in [0.5, 0.6) is 5.75 Å². The second-order valence-corrected chi connectivity index (χ2v) is 6.51. The van der Waals surface area contributed by atoms with Crippen LogP contribution in [0.2, 0.25) is 0 Å². The molecule has 1 fully saturated rings. The van der Waals surface area contributed by atoms with Crippen molar-refractivity contribution in [3.05, 3.63) is 48.0 Å². The number of methoxy groups -OCH3 is 1. The standard InChI is InChI=1S/C19H23N3O3/c1-22-12-15(10-21-22)18-14(6-7-24-18)9-20-11-16-8-13-4-3-5-17(23-2)19(13)25-16/h3-5,8,10,12,14,18,20H,6-7,9,11H2,1-2H3/t14-,18+/m0/s1. The first-order chi connectivity index (χ1) is 12.2. The molecular formula is C19H23N3O3. The minimum Gasteiger partial charge on any atom is -0.493 e. The van der Waals surface area contributed by atoms with Crippen molar-refractivity contribution in [2.45, 2.75) is 19.1 Å². The topological polar surface area (TPSA) is 61.4 Å². The number of furan rings is 1. The normalized spacial score (nSPS) is 20.4. The quantitative estimate of drug-likeness (QED) is 0.747. The third-order valence-electron chi connectivity index (χ3n) is 4.75. The third-order valence-corrected chi connectivity index (χ3v) is 4.75. The van der Waals surface area contributed by atoms with Crippen molar-refractivity contribution in [2.75, 3.05) is 20.3 Å². The first-order valence-electron chi connectivity index (χ1n) is 8.61. The number of aryl methyl sites for hydroxylation is 1. The van der Waals surface area contributed by atoms with E-state index in [4.69, 9.17) is 13.9 Å². The Balaban J connectivity index is 1.39. The van der Waals surface area contributed by atoms with Gasteiger partial charge >= 0.3 is 0 Å². The summed E-state index contributed by atoms with van der Waals surface area (Å²) in [6.07, 6.45) is 5.11. The van der Waals surface area contributed by atoms with Gasteiger partial charge in [-0.2, -0.15) is 5.10 Å². The Labute approximate surface area is 146 Å². The molecule has 3 aromatic rings. The van der Waals surface area contributed by atoms with Crippen molar-refractivity contribution in [1.82, 2.24) is 15.1 Å². The molecule has 1 aromatic carbocycles. The Hall–Kier alpha value is -2.31. The summed E-state index contributed by atoms with van der Waals surface area (Å²) < 4.78 is 19.0. The van der Waals surface area contributed by atoms with Crippen LogP contribution in [0.15, 0.2) is 41.1 Å². The molecule has 0 unspecified atom stereocenters. The molecule has 1 N–H and O–H groups in total. The first kappa shape index (κ1) is 16.2. The van der Waals surface area contributed by atoms with Crippen LogP contribution in [0.25, 0.3) is 11.0 Å². The minimum atomic E-state index is 0.122. The van der Waals surface area contributed by atoms with Gasteiger partial charge in [0.05, 0.1) is 26.0 Å². The summed E-state index contributed by atoms with van der Waals surface area (Å²) in [5, 5.41) is 8.82. The maximum Gasteiger partial charge on any atom is 0.176 e. The van der Waals surface area contributed by atoms with E-state index in [1.165, 1.54) is 0 Å². The molecule has 1 aliphatic rings. The van der Waals surface area contributed by atoms with Crippen molar-refractivity contribution < 1.29 is 13.9 Å². The van der Waals surface area contributed by atoms with Crippen molar-refractivity contribution in [3.63, 3.8) is 0 Å². The van der Waals surface area contributed by atoms with E-state index in [1.54, 1.807) is 7.11 Å². The van der Waals surface area contributed by atoms with Crippen molar-refractivity contribution in [1.29, 1.82) is 0 Å². The maximum atomic E-state index is 5.94. The zero-order valence-electron chi connectivity index (χ0n) is 14.6. The number of para-hydroxylation sites is 1. The second kappa shape index (κ2) is 6.90. The number of nitrogens with zero attached hydrogens (tertiary/aromatic N) is 2. The van der Waals surface area contributed by atoms with E-state index in [0.717, 1.165) is 47.6 Å². The summed E-state index contributed by atoms with van der Waals surface area (Å²) >= 11 is 0. The average Bonchev–Trinajstić information content (AvgIpc) is 3.33. The van der Waals surface area contributed by atoms with Crippen LogP contribution < -0.4 is 10.1 Å². The molecule has 6 heteroatoms. The lowest BCUT2D eigenvalue weighted by Gasteiger charge is -2.17. The van der Waals surface area contributed by atoms with Crippen molar-refractivity contribution >= 4 is 11.0 Å². The Morgan fingerprint density at radius 3 is 3.12 bits per heavy atom. The van der Waals surface area contributed by atoms with Gasteiger partial charge in [0.1, 0.15) is 5.76 Å². The number of rotatable bonds is 6. The van der Waals surface area contributed by atoms with Gasteiger partial charge in [-0.1, -0.05) is 12.1 Å². The molecule has 0 saturated carbocycles. The molecule has 1 aliphatic heterocycles. The molecule has 0 spiro atoms. The van der Waals surface area contributed by atoms with Gasteiger partial charge < -0.3 is 19.2 Å². The van der Waals surface area contributed by atoms with Gasteiger partial charge in [0.25, 0.3) is 0 Å². The summed E-state index contributed by atoms with van der Waals surface area (Å²) in [5.41, 5.74) is 1.96. The van der Waals surface area contributed by atoms with E-state index >= 15 is 0 Å². The van der Waals surface area contributed by atoms with Gasteiger partial charge in [-0.05, 0) is 18.6 Å². The number of hydrogen-bond acceptors (Lipinski definition) is 5. The predicted octanol–water partition coefficient (Wildman–Crippen LogP) is 3.04. The maximum absolute atomic E-state index is 5.94. The average molecular weight is 341 g/mol. The highest BCUT2D eigenvalue weighted by Gasteiger charge is 2.30. The molecule has 0 amide bonds. The van der Waals surface area contributed by atoms with Crippen molar-refractivity contribution in [2.24, 2.45) is 13.0 Å². The molecule has 132 valence electrons. The lowest BCUT2D eigenvalue weighted by atomic mass is 9.97. The van der Waals surface area contributed by atoms with Crippen LogP contribution in [0.3, 0.4) is 0 Å². The van der Waals surface area contributed by atoms with Gasteiger partial charge in [-0.3, -0.25) is 4.68 Å². The molecule has 4 rings (SSSR count). The molecule has 3 heterocycles. The van der Waals surface area contributed by atoms with E-state index < -0.39 is 0 Å². The van der Waals surface area contributed by atoms with Crippen LogP contribution in [0, 0.1) is 5.92 Å². The largest absolute Gasteiger partial charge is 0.493 e. The highest BCUT2D eigenvalue weighted by atomic mass is 16.5. The zero-order chi connectivity index (χ0) is 17.2. The smallest absolute Gasteiger partial charge is 0.176 e. The van der Waals surface area contributed by atoms with E-state index in [9.17, 15) is 0 Å². The summed E-state index contributed by atoms with van der Waals surface area (Å²) in [7, 11) is 3.59. The van der Waals surface area contributed by atoms with Gasteiger partial charge in [-0.25, -0.2) is 0 Å². The molecule has 1 saturated heterocycles. The van der Waals surface area contributed by atoms with E-state index in [1.807, 2.05) is 42.3 Å². The van der Waals surface area contributed by atoms with Crippen LogP contribution in [0.4, 0.5) is 0 Å². The molecule has 0 aliphatic carbocycles. The lowest BCUT2D eigenvalue weighted by Crippen LogP contribution is -2.24.